The van der Waals surface area contributed by atoms with Crippen LogP contribution in [-0.4, -0.2) is 31.5 Å². The summed E-state index contributed by atoms with van der Waals surface area (Å²) in [5.41, 5.74) is 3.09. The summed E-state index contributed by atoms with van der Waals surface area (Å²) >= 11 is 0. The largest absolute Gasteiger partial charge is 0.354 e. The Labute approximate surface area is 149 Å². The maximum Gasteiger partial charge on any atom is 0.223 e. The van der Waals surface area contributed by atoms with Crippen molar-refractivity contribution < 1.29 is 4.39 Å². The fourth-order valence-corrected chi connectivity index (χ4v) is 2.71. The molecule has 0 saturated heterocycles. The summed E-state index contributed by atoms with van der Waals surface area (Å²) in [6.07, 6.45) is 5.06. The molecular weight excluding hydrogens is 331 g/mol. The molecule has 3 heterocycles. The average Bonchev–Trinajstić information content (AvgIpc) is 3.08. The Morgan fingerprint density at radius 2 is 1.92 bits per heavy atom. The maximum atomic E-state index is 13.2. The fraction of sp³-hybridized carbons (Fsp3) is 0.158. The number of aromatic nitrogens is 5. The molecule has 4 rings (SSSR count). The highest BCUT2D eigenvalue weighted by Gasteiger charge is 2.05. The lowest BCUT2D eigenvalue weighted by Gasteiger charge is -2.05. The van der Waals surface area contributed by atoms with Crippen LogP contribution in [0.25, 0.3) is 22.4 Å². The summed E-state index contributed by atoms with van der Waals surface area (Å²) in [7, 11) is 0. The quantitative estimate of drug-likeness (QED) is 0.521. The molecule has 0 spiro atoms. The number of pyridine rings is 1. The van der Waals surface area contributed by atoms with E-state index >= 15 is 0 Å². The zero-order chi connectivity index (χ0) is 17.8. The molecule has 0 bridgehead atoms. The number of aryl methyl sites for hydroxylation is 1. The molecule has 26 heavy (non-hydrogen) atoms. The second-order valence-electron chi connectivity index (χ2n) is 5.86. The van der Waals surface area contributed by atoms with E-state index in [9.17, 15) is 4.39 Å². The normalized spacial score (nSPS) is 11.0. The fourth-order valence-electron chi connectivity index (χ4n) is 2.71. The number of nitrogens with zero attached hydrogens (tertiary/aromatic N) is 4. The molecular formula is C19H17FN6. The lowest BCUT2D eigenvalue weighted by atomic mass is 10.2. The highest BCUT2D eigenvalue weighted by molar-refractivity contribution is 5.74. The van der Waals surface area contributed by atoms with E-state index in [1.807, 2.05) is 24.3 Å². The summed E-state index contributed by atoms with van der Waals surface area (Å²) in [6.45, 7) is 0.705. The Bertz CT molecular complexity index is 1010. The number of H-pyrrole nitrogens is 1. The van der Waals surface area contributed by atoms with E-state index in [0.717, 1.165) is 41.1 Å². The molecule has 4 aromatic rings. The third-order valence-electron chi connectivity index (χ3n) is 3.95. The van der Waals surface area contributed by atoms with Crippen LogP contribution in [0.15, 0.2) is 54.9 Å². The van der Waals surface area contributed by atoms with E-state index in [1.165, 1.54) is 12.1 Å². The zero-order valence-corrected chi connectivity index (χ0v) is 14.0. The third-order valence-corrected chi connectivity index (χ3v) is 3.95. The molecule has 0 aliphatic rings. The van der Waals surface area contributed by atoms with Crippen LogP contribution in [0.5, 0.6) is 0 Å². The molecule has 0 amide bonds. The van der Waals surface area contributed by atoms with Gasteiger partial charge in [0.1, 0.15) is 11.6 Å². The first-order chi connectivity index (χ1) is 12.8. The van der Waals surface area contributed by atoms with Gasteiger partial charge < -0.3 is 10.3 Å². The van der Waals surface area contributed by atoms with Gasteiger partial charge in [0.05, 0.1) is 22.4 Å². The lowest BCUT2D eigenvalue weighted by Crippen LogP contribution is -2.07. The molecule has 0 radical (unpaired) electrons. The van der Waals surface area contributed by atoms with Crippen molar-refractivity contribution in [3.05, 3.63) is 66.5 Å². The molecule has 3 aromatic heterocycles. The van der Waals surface area contributed by atoms with Crippen LogP contribution >= 0.6 is 0 Å². The molecule has 130 valence electrons. The van der Waals surface area contributed by atoms with Crippen LogP contribution in [0.4, 0.5) is 10.3 Å². The van der Waals surface area contributed by atoms with Crippen LogP contribution in [0.1, 0.15) is 12.2 Å². The van der Waals surface area contributed by atoms with Crippen molar-refractivity contribution in [1.82, 2.24) is 24.9 Å². The van der Waals surface area contributed by atoms with E-state index in [1.54, 1.807) is 18.5 Å². The summed E-state index contributed by atoms with van der Waals surface area (Å²) in [5.74, 6) is 1.15. The van der Waals surface area contributed by atoms with Crippen LogP contribution in [0.3, 0.4) is 0 Å². The van der Waals surface area contributed by atoms with E-state index in [-0.39, 0.29) is 5.82 Å². The van der Waals surface area contributed by atoms with Gasteiger partial charge in [-0.3, -0.25) is 4.98 Å². The smallest absolute Gasteiger partial charge is 0.223 e. The number of fused-ring (bicyclic) bond motifs is 1. The third kappa shape index (κ3) is 3.66. The Hall–Kier alpha value is -3.35. The van der Waals surface area contributed by atoms with Crippen molar-refractivity contribution in [3.63, 3.8) is 0 Å². The minimum absolute atomic E-state index is 0.265. The van der Waals surface area contributed by atoms with E-state index in [0.29, 0.717) is 12.5 Å². The van der Waals surface area contributed by atoms with Crippen LogP contribution in [0.2, 0.25) is 0 Å². The van der Waals surface area contributed by atoms with E-state index in [2.05, 4.69) is 30.2 Å². The van der Waals surface area contributed by atoms with E-state index in [4.69, 9.17) is 0 Å². The molecule has 1 aromatic carbocycles. The van der Waals surface area contributed by atoms with Crippen molar-refractivity contribution in [2.75, 3.05) is 11.9 Å². The molecule has 0 aliphatic carbocycles. The Balaban J connectivity index is 1.34. The first-order valence-corrected chi connectivity index (χ1v) is 8.40. The van der Waals surface area contributed by atoms with Crippen LogP contribution in [-0.2, 0) is 6.42 Å². The second-order valence-corrected chi connectivity index (χ2v) is 5.86. The van der Waals surface area contributed by atoms with Crippen molar-refractivity contribution >= 4 is 17.0 Å². The minimum Gasteiger partial charge on any atom is -0.354 e. The van der Waals surface area contributed by atoms with Crippen molar-refractivity contribution in [3.8, 4) is 11.4 Å². The number of halogens is 1. The summed E-state index contributed by atoms with van der Waals surface area (Å²) in [6, 6.07) is 12.1. The molecule has 0 aliphatic heterocycles. The standard InChI is InChI=1S/C19H17FN6/c20-13-6-7-15-17(12-13)25-18(24-15)5-3-10-22-19-23-11-8-16(26-19)14-4-1-2-9-21-14/h1-2,4,6-9,11-12H,3,5,10H2,(H,24,25)(H,22,23,26). The highest BCUT2D eigenvalue weighted by Crippen LogP contribution is 2.15. The summed E-state index contributed by atoms with van der Waals surface area (Å²) < 4.78 is 13.2. The zero-order valence-electron chi connectivity index (χ0n) is 14.0. The number of rotatable bonds is 6. The Morgan fingerprint density at radius 3 is 2.81 bits per heavy atom. The lowest BCUT2D eigenvalue weighted by molar-refractivity contribution is 0.629. The van der Waals surface area contributed by atoms with E-state index < -0.39 is 0 Å². The molecule has 6 nitrogen and oxygen atoms in total. The van der Waals surface area contributed by atoms with Gasteiger partial charge in [-0.05, 0) is 42.8 Å². The topological polar surface area (TPSA) is 79.4 Å². The van der Waals surface area contributed by atoms with Gasteiger partial charge in [-0.15, -0.1) is 0 Å². The first kappa shape index (κ1) is 16.1. The predicted molar refractivity (Wildman–Crippen MR) is 98.1 cm³/mol. The molecule has 0 saturated carbocycles. The highest BCUT2D eigenvalue weighted by atomic mass is 19.1. The minimum atomic E-state index is -0.265. The van der Waals surface area contributed by atoms with Gasteiger partial charge in [-0.1, -0.05) is 6.07 Å². The molecule has 7 heteroatoms. The molecule has 0 fully saturated rings. The van der Waals surface area contributed by atoms with Gasteiger partial charge in [0, 0.05) is 25.4 Å². The van der Waals surface area contributed by atoms with Crippen LogP contribution < -0.4 is 5.32 Å². The molecule has 0 unspecified atom stereocenters. The predicted octanol–water partition coefficient (Wildman–Crippen LogP) is 3.60. The second kappa shape index (κ2) is 7.26. The van der Waals surface area contributed by atoms with Crippen molar-refractivity contribution in [2.45, 2.75) is 12.8 Å². The number of benzene rings is 1. The molecule has 0 atom stereocenters. The van der Waals surface area contributed by atoms with Crippen molar-refractivity contribution in [1.29, 1.82) is 0 Å². The number of nitrogens with one attached hydrogen (secondary N) is 2. The first-order valence-electron chi connectivity index (χ1n) is 8.40. The van der Waals surface area contributed by atoms with Crippen LogP contribution in [0, 0.1) is 5.82 Å². The van der Waals surface area contributed by atoms with Crippen molar-refractivity contribution in [2.24, 2.45) is 0 Å². The Morgan fingerprint density at radius 1 is 0.962 bits per heavy atom. The van der Waals surface area contributed by atoms with Gasteiger partial charge in [0.25, 0.3) is 0 Å². The van der Waals surface area contributed by atoms with Gasteiger partial charge >= 0.3 is 0 Å². The average molecular weight is 348 g/mol. The number of hydrogen-bond donors (Lipinski definition) is 2. The van der Waals surface area contributed by atoms with Gasteiger partial charge in [0.15, 0.2) is 0 Å². The monoisotopic (exact) mass is 348 g/mol. The SMILES string of the molecule is Fc1ccc2nc(CCCNc3nccc(-c4ccccn4)n3)[nH]c2c1. The number of anilines is 1. The summed E-state index contributed by atoms with van der Waals surface area (Å²) in [4.78, 5) is 20.6. The van der Waals surface area contributed by atoms with Gasteiger partial charge in [-0.25, -0.2) is 19.3 Å². The molecule has 2 N–H and O–H groups in total. The number of aromatic amines is 1. The van der Waals surface area contributed by atoms with Gasteiger partial charge in [-0.2, -0.15) is 0 Å². The summed E-state index contributed by atoms with van der Waals surface area (Å²) in [5, 5.41) is 3.22. The number of imidazole rings is 1. The van der Waals surface area contributed by atoms with Gasteiger partial charge in [0.2, 0.25) is 5.95 Å². The Kier molecular flexibility index (Phi) is 4.51. The maximum absolute atomic E-state index is 13.2. The number of hydrogen-bond acceptors (Lipinski definition) is 5.